The first-order valence-electron chi connectivity index (χ1n) is 8.61. The summed E-state index contributed by atoms with van der Waals surface area (Å²) in [7, 11) is 1.35. The molecule has 1 saturated heterocycles. The number of nitrogens with one attached hydrogen (secondary N) is 1. The van der Waals surface area contributed by atoms with Crippen molar-refractivity contribution in [3.63, 3.8) is 0 Å². The van der Waals surface area contributed by atoms with Crippen molar-refractivity contribution in [2.75, 3.05) is 31.6 Å². The third kappa shape index (κ3) is 3.83. The van der Waals surface area contributed by atoms with Gasteiger partial charge in [0, 0.05) is 37.4 Å². The number of rotatable bonds is 5. The number of esters is 1. The molecule has 0 aromatic carbocycles. The van der Waals surface area contributed by atoms with E-state index in [0.717, 1.165) is 43.1 Å². The second kappa shape index (κ2) is 7.59. The van der Waals surface area contributed by atoms with Gasteiger partial charge >= 0.3 is 5.97 Å². The number of hydrogen-bond donors (Lipinski definition) is 1. The molecule has 0 bridgehead atoms. The van der Waals surface area contributed by atoms with Crippen molar-refractivity contribution in [3.05, 3.63) is 17.5 Å². The summed E-state index contributed by atoms with van der Waals surface area (Å²) in [6.07, 6.45) is 6.74. The Hall–Kier alpha value is -2.18. The second-order valence-electron chi connectivity index (χ2n) is 6.39. The van der Waals surface area contributed by atoms with Crippen LogP contribution in [0, 0.1) is 5.92 Å². The van der Waals surface area contributed by atoms with Crippen LogP contribution in [0.4, 0.5) is 5.95 Å². The van der Waals surface area contributed by atoms with Crippen molar-refractivity contribution in [3.8, 4) is 0 Å². The zero-order chi connectivity index (χ0) is 16.9. The quantitative estimate of drug-likeness (QED) is 0.805. The lowest BCUT2D eigenvalue weighted by Gasteiger charge is -2.24. The number of carbonyl (C=O) groups is 2. The molecule has 1 aromatic rings. The Bertz CT molecular complexity index is 614. The first-order chi connectivity index (χ1) is 11.7. The van der Waals surface area contributed by atoms with Crippen LogP contribution in [0.5, 0.6) is 0 Å². The fourth-order valence-electron chi connectivity index (χ4n) is 3.32. The molecule has 2 aliphatic rings. The zero-order valence-corrected chi connectivity index (χ0v) is 14.1. The Morgan fingerprint density at radius 2 is 2.17 bits per heavy atom. The van der Waals surface area contributed by atoms with E-state index in [9.17, 15) is 9.59 Å². The first-order valence-corrected chi connectivity index (χ1v) is 8.61. The predicted molar refractivity (Wildman–Crippen MR) is 88.6 cm³/mol. The van der Waals surface area contributed by atoms with Gasteiger partial charge in [-0.15, -0.1) is 0 Å². The number of anilines is 1. The fraction of sp³-hybridized carbons (Fsp3) is 0.647. The molecule has 3 rings (SSSR count). The van der Waals surface area contributed by atoms with Gasteiger partial charge in [0.15, 0.2) is 0 Å². The van der Waals surface area contributed by atoms with E-state index < -0.39 is 0 Å². The number of nitrogens with zero attached hydrogens (tertiary/aromatic N) is 3. The van der Waals surface area contributed by atoms with Crippen LogP contribution in [0.2, 0.25) is 0 Å². The molecule has 24 heavy (non-hydrogen) atoms. The maximum Gasteiger partial charge on any atom is 0.307 e. The highest BCUT2D eigenvalue weighted by Gasteiger charge is 2.27. The number of hydrogen-bond acceptors (Lipinski definition) is 6. The molecule has 1 amide bonds. The SMILES string of the molecule is COC(=O)CCNC(=O)C1CCc2nc(N3CCCC3)ncc2C1. The van der Waals surface area contributed by atoms with Gasteiger partial charge in [-0.3, -0.25) is 9.59 Å². The lowest BCUT2D eigenvalue weighted by atomic mass is 9.86. The van der Waals surface area contributed by atoms with E-state index in [1.165, 1.54) is 20.0 Å². The lowest BCUT2D eigenvalue weighted by Crippen LogP contribution is -2.35. The third-order valence-electron chi connectivity index (χ3n) is 4.75. The topological polar surface area (TPSA) is 84.4 Å². The number of carbonyl (C=O) groups excluding carboxylic acids is 2. The van der Waals surface area contributed by atoms with E-state index >= 15 is 0 Å². The molecule has 130 valence electrons. The van der Waals surface area contributed by atoms with Crippen LogP contribution in [0.25, 0.3) is 0 Å². The molecular formula is C17H24N4O3. The molecule has 7 nitrogen and oxygen atoms in total. The van der Waals surface area contributed by atoms with Gasteiger partial charge < -0.3 is 15.0 Å². The normalized spacial score (nSPS) is 19.7. The molecule has 0 spiro atoms. The summed E-state index contributed by atoms with van der Waals surface area (Å²) in [5.74, 6) is 0.434. The van der Waals surface area contributed by atoms with E-state index in [0.29, 0.717) is 13.0 Å². The second-order valence-corrected chi connectivity index (χ2v) is 6.39. The maximum atomic E-state index is 12.2. The summed E-state index contributed by atoms with van der Waals surface area (Å²) < 4.78 is 4.57. The third-order valence-corrected chi connectivity index (χ3v) is 4.75. The first kappa shape index (κ1) is 16.7. The Kier molecular flexibility index (Phi) is 5.27. The molecule has 1 aliphatic heterocycles. The predicted octanol–water partition coefficient (Wildman–Crippen LogP) is 0.861. The molecule has 2 heterocycles. The smallest absolute Gasteiger partial charge is 0.307 e. The summed E-state index contributed by atoms with van der Waals surface area (Å²) in [6, 6.07) is 0. The zero-order valence-electron chi connectivity index (χ0n) is 14.1. The highest BCUT2D eigenvalue weighted by Crippen LogP contribution is 2.26. The minimum absolute atomic E-state index is 0.00632. The summed E-state index contributed by atoms with van der Waals surface area (Å²) in [4.78, 5) is 34.7. The van der Waals surface area contributed by atoms with E-state index in [4.69, 9.17) is 4.98 Å². The Morgan fingerprint density at radius 3 is 2.92 bits per heavy atom. The Balaban J connectivity index is 1.56. The summed E-state index contributed by atoms with van der Waals surface area (Å²) >= 11 is 0. The standard InChI is InChI=1S/C17H24N4O3/c1-24-15(22)6-7-18-16(23)12-4-5-14-13(10-12)11-19-17(20-14)21-8-2-3-9-21/h11-12H,2-10H2,1H3,(H,18,23). The number of fused-ring (bicyclic) bond motifs is 1. The van der Waals surface area contributed by atoms with Crippen LogP contribution in [0.15, 0.2) is 6.20 Å². The van der Waals surface area contributed by atoms with Gasteiger partial charge in [0.05, 0.1) is 13.5 Å². The molecule has 1 fully saturated rings. The van der Waals surface area contributed by atoms with Crippen LogP contribution < -0.4 is 10.2 Å². The Labute approximate surface area is 141 Å². The van der Waals surface area contributed by atoms with Gasteiger partial charge in [-0.25, -0.2) is 9.97 Å². The van der Waals surface area contributed by atoms with E-state index in [-0.39, 0.29) is 24.2 Å². The minimum Gasteiger partial charge on any atom is -0.469 e. The summed E-state index contributed by atoms with van der Waals surface area (Å²) in [5.41, 5.74) is 2.14. The van der Waals surface area contributed by atoms with Crippen LogP contribution in [-0.2, 0) is 27.2 Å². The molecule has 1 aromatic heterocycles. The van der Waals surface area contributed by atoms with E-state index in [1.807, 2.05) is 6.20 Å². The van der Waals surface area contributed by atoms with Gasteiger partial charge in [-0.1, -0.05) is 0 Å². The van der Waals surface area contributed by atoms with Crippen LogP contribution in [0.1, 0.15) is 36.9 Å². The van der Waals surface area contributed by atoms with Gasteiger partial charge in [0.1, 0.15) is 0 Å². The lowest BCUT2D eigenvalue weighted by molar-refractivity contribution is -0.140. The van der Waals surface area contributed by atoms with Crippen molar-refractivity contribution in [1.82, 2.24) is 15.3 Å². The molecule has 7 heteroatoms. The molecule has 1 unspecified atom stereocenters. The average molecular weight is 332 g/mol. The van der Waals surface area contributed by atoms with Gasteiger partial charge in [0.25, 0.3) is 0 Å². The summed E-state index contributed by atoms with van der Waals surface area (Å²) in [5, 5.41) is 2.82. The highest BCUT2D eigenvalue weighted by molar-refractivity contribution is 5.80. The largest absolute Gasteiger partial charge is 0.469 e. The van der Waals surface area contributed by atoms with Crippen LogP contribution in [0.3, 0.4) is 0 Å². The molecule has 1 aliphatic carbocycles. The van der Waals surface area contributed by atoms with E-state index in [1.54, 1.807) is 0 Å². The van der Waals surface area contributed by atoms with Crippen LogP contribution >= 0.6 is 0 Å². The highest BCUT2D eigenvalue weighted by atomic mass is 16.5. The number of aryl methyl sites for hydroxylation is 1. The molecule has 1 atom stereocenters. The average Bonchev–Trinajstić information content (AvgIpc) is 3.15. The van der Waals surface area contributed by atoms with Crippen molar-refractivity contribution < 1.29 is 14.3 Å². The Morgan fingerprint density at radius 1 is 1.38 bits per heavy atom. The monoisotopic (exact) mass is 332 g/mol. The molecule has 0 saturated carbocycles. The number of aromatic nitrogens is 2. The fourth-order valence-corrected chi connectivity index (χ4v) is 3.32. The van der Waals surface area contributed by atoms with Crippen molar-refractivity contribution in [2.24, 2.45) is 5.92 Å². The molecule has 1 N–H and O–H groups in total. The number of amides is 1. The van der Waals surface area contributed by atoms with E-state index in [2.05, 4.69) is 19.9 Å². The van der Waals surface area contributed by atoms with Gasteiger partial charge in [-0.2, -0.15) is 0 Å². The van der Waals surface area contributed by atoms with Crippen molar-refractivity contribution >= 4 is 17.8 Å². The molecular weight excluding hydrogens is 308 g/mol. The molecule has 0 radical (unpaired) electrons. The minimum atomic E-state index is -0.313. The number of ether oxygens (including phenoxy) is 1. The van der Waals surface area contributed by atoms with Gasteiger partial charge in [-0.05, 0) is 37.7 Å². The van der Waals surface area contributed by atoms with Gasteiger partial charge in [0.2, 0.25) is 11.9 Å². The number of methoxy groups -OCH3 is 1. The van der Waals surface area contributed by atoms with Crippen LogP contribution in [-0.4, -0.2) is 48.6 Å². The van der Waals surface area contributed by atoms with Crippen molar-refractivity contribution in [2.45, 2.75) is 38.5 Å². The van der Waals surface area contributed by atoms with Crippen molar-refractivity contribution in [1.29, 1.82) is 0 Å². The maximum absolute atomic E-state index is 12.2. The summed E-state index contributed by atoms with van der Waals surface area (Å²) in [6.45, 7) is 2.38.